The first-order valence-electron chi connectivity index (χ1n) is 6.75. The van der Waals surface area contributed by atoms with Gasteiger partial charge in [0, 0.05) is 5.92 Å². The Balaban J connectivity index is 2.12. The Morgan fingerprint density at radius 1 is 1.19 bits per heavy atom. The first kappa shape index (κ1) is 13.2. The molecule has 0 aliphatic heterocycles. The molecule has 0 unspecified atom stereocenters. The Kier molecular flexibility index (Phi) is 2.66. The molecule has 1 aromatic carbocycles. The number of hydrogen-bond donors (Lipinski definition) is 0. The summed E-state index contributed by atoms with van der Waals surface area (Å²) in [5.41, 5.74) is 1.93. The molecule has 0 N–H and O–H groups in total. The summed E-state index contributed by atoms with van der Waals surface area (Å²) in [7, 11) is 1.64. The molecule has 106 valence electrons. The number of hydrogen-bond acceptors (Lipinski definition) is 2. The van der Waals surface area contributed by atoms with Gasteiger partial charge in [-0.25, -0.2) is 0 Å². The van der Waals surface area contributed by atoms with Crippen molar-refractivity contribution < 1.29 is 9.53 Å². The van der Waals surface area contributed by atoms with Crippen LogP contribution in [-0.2, 0) is 9.53 Å². The highest BCUT2D eigenvalue weighted by atomic mass is 35.5. The van der Waals surface area contributed by atoms with Crippen LogP contribution < -0.4 is 10.4 Å². The number of fused-ring (bicyclic) bond motifs is 4. The molecule has 4 rings (SSSR count). The van der Waals surface area contributed by atoms with Crippen molar-refractivity contribution in [1.82, 2.24) is 0 Å². The maximum atomic E-state index is 12.3. The Labute approximate surface area is 132 Å². The van der Waals surface area contributed by atoms with Gasteiger partial charge in [0.1, 0.15) is 5.76 Å². The fourth-order valence-corrected chi connectivity index (χ4v) is 4.17. The number of rotatable bonds is 1. The molecule has 2 atom stereocenters. The van der Waals surface area contributed by atoms with Crippen LogP contribution in [0.25, 0.3) is 11.1 Å². The minimum atomic E-state index is -1.38. The van der Waals surface area contributed by atoms with Gasteiger partial charge in [0.15, 0.2) is 10.1 Å². The third-order valence-corrected chi connectivity index (χ3v) is 5.27. The highest BCUT2D eigenvalue weighted by Gasteiger charge is 2.60. The number of carbonyl (C=O) groups is 1. The number of alkyl halides is 2. The number of allylic oxidation sites excluding steroid dienone is 3. The molecule has 0 saturated heterocycles. The molecule has 0 amide bonds. The maximum Gasteiger partial charge on any atom is 0.199 e. The molecule has 0 spiro atoms. The molecule has 0 heterocycles. The van der Waals surface area contributed by atoms with E-state index in [0.29, 0.717) is 0 Å². The zero-order chi connectivity index (χ0) is 14.8. The molecule has 1 aromatic rings. The van der Waals surface area contributed by atoms with Crippen LogP contribution in [-0.4, -0.2) is 17.2 Å². The van der Waals surface area contributed by atoms with Gasteiger partial charge in [-0.2, -0.15) is 0 Å². The monoisotopic (exact) mass is 318 g/mol. The molecule has 3 aliphatic rings. The number of Topliss-reactive ketones (excluding diaryl/α,β-unsaturated/α-hetero) is 1. The summed E-state index contributed by atoms with van der Waals surface area (Å²) in [5.74, 6) is 0.411. The van der Waals surface area contributed by atoms with Gasteiger partial charge in [0.05, 0.1) is 13.0 Å². The van der Waals surface area contributed by atoms with E-state index in [-0.39, 0.29) is 17.6 Å². The van der Waals surface area contributed by atoms with Crippen LogP contribution in [0.2, 0.25) is 0 Å². The number of methoxy groups -OCH3 is 1. The third-order valence-electron chi connectivity index (χ3n) is 4.49. The van der Waals surface area contributed by atoms with E-state index in [0.717, 1.165) is 27.3 Å². The van der Waals surface area contributed by atoms with Crippen molar-refractivity contribution in [2.24, 2.45) is 11.8 Å². The second-order valence-electron chi connectivity index (χ2n) is 5.47. The predicted octanol–water partition coefficient (Wildman–Crippen LogP) is 2.09. The van der Waals surface area contributed by atoms with Crippen molar-refractivity contribution in [3.63, 3.8) is 0 Å². The van der Waals surface area contributed by atoms with E-state index in [2.05, 4.69) is 0 Å². The molecule has 21 heavy (non-hydrogen) atoms. The van der Waals surface area contributed by atoms with E-state index in [1.54, 1.807) is 7.11 Å². The number of carbonyl (C=O) groups excluding carboxylic acids is 1. The molecule has 2 nitrogen and oxygen atoms in total. The molecular weight excluding hydrogens is 307 g/mol. The SMILES string of the molecule is COC1=CC2=c3ccccc3=C3[C@H](C(=O)C3(Cl)Cl)[C@H]2C=C1. The van der Waals surface area contributed by atoms with Crippen molar-refractivity contribution >= 4 is 40.1 Å². The fraction of sp³-hybridized carbons (Fsp3) is 0.235. The third kappa shape index (κ3) is 1.58. The van der Waals surface area contributed by atoms with Crippen LogP contribution >= 0.6 is 23.2 Å². The normalized spacial score (nSPS) is 28.1. The summed E-state index contributed by atoms with van der Waals surface area (Å²) in [6, 6.07) is 7.94. The predicted molar refractivity (Wildman–Crippen MR) is 83.2 cm³/mol. The lowest BCUT2D eigenvalue weighted by atomic mass is 9.62. The quantitative estimate of drug-likeness (QED) is 0.741. The van der Waals surface area contributed by atoms with Gasteiger partial charge >= 0.3 is 0 Å². The first-order valence-corrected chi connectivity index (χ1v) is 7.51. The molecule has 1 saturated carbocycles. The van der Waals surface area contributed by atoms with Gasteiger partial charge < -0.3 is 4.74 Å². The van der Waals surface area contributed by atoms with E-state index in [4.69, 9.17) is 27.9 Å². The second kappa shape index (κ2) is 4.25. The Hall–Kier alpha value is -1.51. The highest BCUT2D eigenvalue weighted by Crippen LogP contribution is 2.55. The van der Waals surface area contributed by atoms with Crippen LogP contribution in [0.3, 0.4) is 0 Å². The van der Waals surface area contributed by atoms with Crippen molar-refractivity contribution in [3.05, 3.63) is 58.7 Å². The van der Waals surface area contributed by atoms with Crippen molar-refractivity contribution in [3.8, 4) is 0 Å². The molecule has 3 aliphatic carbocycles. The number of benzene rings is 1. The summed E-state index contributed by atoms with van der Waals surface area (Å²) in [5, 5.41) is 2.05. The van der Waals surface area contributed by atoms with Gasteiger partial charge in [0.25, 0.3) is 0 Å². The highest BCUT2D eigenvalue weighted by molar-refractivity contribution is 6.68. The molecular formula is C17H12Cl2O2. The van der Waals surface area contributed by atoms with Crippen molar-refractivity contribution in [1.29, 1.82) is 0 Å². The van der Waals surface area contributed by atoms with Crippen LogP contribution in [0.4, 0.5) is 0 Å². The standard InChI is InChI=1S/C17H12Cl2O2/c1-21-9-6-7-11-13(8-9)10-4-2-3-5-12(10)15-14(11)16(20)17(15,18)19/h2-8,11,14H,1H3/t11-,14+/m0/s1. The molecule has 0 aromatic heterocycles. The average Bonchev–Trinajstić information content (AvgIpc) is 2.52. The second-order valence-corrected chi connectivity index (χ2v) is 6.79. The zero-order valence-electron chi connectivity index (χ0n) is 11.3. The molecule has 0 bridgehead atoms. The van der Waals surface area contributed by atoms with Gasteiger partial charge in [0.2, 0.25) is 0 Å². The van der Waals surface area contributed by atoms with Crippen molar-refractivity contribution in [2.45, 2.75) is 4.33 Å². The van der Waals surface area contributed by atoms with E-state index in [1.807, 2.05) is 42.5 Å². The van der Waals surface area contributed by atoms with Gasteiger partial charge in [-0.3, -0.25) is 4.79 Å². The minimum absolute atomic E-state index is 0.00748. The largest absolute Gasteiger partial charge is 0.497 e. The van der Waals surface area contributed by atoms with Crippen LogP contribution in [0, 0.1) is 11.8 Å². The van der Waals surface area contributed by atoms with E-state index < -0.39 is 4.33 Å². The van der Waals surface area contributed by atoms with Crippen LogP contribution in [0.5, 0.6) is 0 Å². The summed E-state index contributed by atoms with van der Waals surface area (Å²) < 4.78 is 3.93. The average molecular weight is 319 g/mol. The lowest BCUT2D eigenvalue weighted by Crippen LogP contribution is -2.59. The smallest absolute Gasteiger partial charge is 0.199 e. The fourth-order valence-electron chi connectivity index (χ4n) is 3.50. The number of ketones is 1. The lowest BCUT2D eigenvalue weighted by molar-refractivity contribution is -0.124. The van der Waals surface area contributed by atoms with E-state index in [1.165, 1.54) is 0 Å². The first-order chi connectivity index (χ1) is 10.1. The van der Waals surface area contributed by atoms with Crippen LogP contribution in [0.15, 0.2) is 48.3 Å². The lowest BCUT2D eigenvalue weighted by Gasteiger charge is -2.46. The van der Waals surface area contributed by atoms with Gasteiger partial charge in [-0.15, -0.1) is 0 Å². The number of halogens is 2. The maximum absolute atomic E-state index is 12.3. The van der Waals surface area contributed by atoms with E-state index in [9.17, 15) is 4.79 Å². The molecule has 4 heteroatoms. The van der Waals surface area contributed by atoms with E-state index >= 15 is 0 Å². The van der Waals surface area contributed by atoms with Crippen LogP contribution in [0.1, 0.15) is 0 Å². The molecule has 0 radical (unpaired) electrons. The minimum Gasteiger partial charge on any atom is -0.497 e. The Morgan fingerprint density at radius 2 is 1.90 bits per heavy atom. The summed E-state index contributed by atoms with van der Waals surface area (Å²) in [6.45, 7) is 0. The van der Waals surface area contributed by atoms with Gasteiger partial charge in [-0.05, 0) is 33.7 Å². The molecule has 1 fully saturated rings. The van der Waals surface area contributed by atoms with Gasteiger partial charge in [-0.1, -0.05) is 53.5 Å². The Morgan fingerprint density at radius 3 is 2.62 bits per heavy atom. The summed E-state index contributed by atoms with van der Waals surface area (Å²) in [6.07, 6.45) is 5.90. The summed E-state index contributed by atoms with van der Waals surface area (Å²) in [4.78, 5) is 12.3. The topological polar surface area (TPSA) is 26.3 Å². The summed E-state index contributed by atoms with van der Waals surface area (Å²) >= 11 is 12.5. The Bertz CT molecular complexity index is 846. The zero-order valence-corrected chi connectivity index (χ0v) is 12.8. The van der Waals surface area contributed by atoms with Crippen molar-refractivity contribution in [2.75, 3.05) is 7.11 Å². The number of ether oxygens (including phenoxy) is 1.